The Morgan fingerprint density at radius 2 is 2.00 bits per heavy atom. The zero-order chi connectivity index (χ0) is 23.3. The molecule has 1 aliphatic heterocycles. The minimum Gasteiger partial charge on any atom is -0.490 e. The van der Waals surface area contributed by atoms with Crippen LogP contribution in [0.4, 0.5) is 0 Å². The fourth-order valence-electron chi connectivity index (χ4n) is 3.82. The van der Waals surface area contributed by atoms with E-state index in [0.29, 0.717) is 6.54 Å². The number of aryl methyl sites for hydroxylation is 1. The molecule has 0 bridgehead atoms. The third-order valence-corrected chi connectivity index (χ3v) is 6.06. The molecule has 1 aromatic rings. The summed E-state index contributed by atoms with van der Waals surface area (Å²) in [7, 11) is 0. The quantitative estimate of drug-likeness (QED) is 0.261. The minimum atomic E-state index is -0.145. The van der Waals surface area contributed by atoms with E-state index in [1.54, 1.807) is 0 Å². The van der Waals surface area contributed by atoms with Crippen molar-refractivity contribution < 1.29 is 9.53 Å². The van der Waals surface area contributed by atoms with Crippen LogP contribution in [0.3, 0.4) is 0 Å². The topological polar surface area (TPSA) is 92.0 Å². The lowest BCUT2D eigenvalue weighted by Gasteiger charge is -2.30. The predicted molar refractivity (Wildman–Crippen MR) is 132 cm³/mol. The largest absolute Gasteiger partial charge is 0.490 e. The first-order valence-electron chi connectivity index (χ1n) is 12.2. The Hall–Kier alpha value is -2.28. The number of carbonyl (C=O) groups excluding carboxylic acids is 1. The molecular formula is C25H43N5O2. The number of hydrogen-bond acceptors (Lipinski definition) is 4. The van der Waals surface area contributed by atoms with E-state index in [4.69, 9.17) is 15.5 Å². The minimum absolute atomic E-state index is 0.0661. The number of unbranched alkanes of at least 4 members (excludes halogenated alkanes) is 1. The Kier molecular flexibility index (Phi) is 11.4. The van der Waals surface area contributed by atoms with Gasteiger partial charge in [0.2, 0.25) is 5.91 Å². The van der Waals surface area contributed by atoms with Gasteiger partial charge in [0.1, 0.15) is 5.75 Å². The molecule has 0 spiro atoms. The van der Waals surface area contributed by atoms with Gasteiger partial charge in [0.15, 0.2) is 5.96 Å². The smallest absolute Gasteiger partial charge is 0.220 e. The first-order chi connectivity index (χ1) is 15.4. The maximum Gasteiger partial charge on any atom is 0.220 e. The Labute approximate surface area is 194 Å². The van der Waals surface area contributed by atoms with Crippen molar-refractivity contribution in [3.05, 3.63) is 29.3 Å². The fourth-order valence-corrected chi connectivity index (χ4v) is 3.82. The van der Waals surface area contributed by atoms with E-state index in [1.807, 2.05) is 0 Å². The lowest BCUT2D eigenvalue weighted by atomic mass is 9.96. The summed E-state index contributed by atoms with van der Waals surface area (Å²) in [5, 5.41) is 6.79. The Morgan fingerprint density at radius 1 is 1.25 bits per heavy atom. The van der Waals surface area contributed by atoms with E-state index in [9.17, 15) is 4.79 Å². The van der Waals surface area contributed by atoms with Gasteiger partial charge in [-0.2, -0.15) is 0 Å². The maximum atomic E-state index is 11.3. The average Bonchev–Trinajstić information content (AvgIpc) is 2.78. The summed E-state index contributed by atoms with van der Waals surface area (Å²) in [4.78, 5) is 18.5. The molecular weight excluding hydrogens is 402 g/mol. The van der Waals surface area contributed by atoms with Gasteiger partial charge in [-0.15, -0.1) is 0 Å². The van der Waals surface area contributed by atoms with Crippen molar-refractivity contribution in [3.8, 4) is 5.75 Å². The molecule has 1 unspecified atom stereocenters. The van der Waals surface area contributed by atoms with Crippen LogP contribution in [0.5, 0.6) is 5.75 Å². The number of nitrogens with two attached hydrogens (primary N) is 1. The van der Waals surface area contributed by atoms with E-state index < -0.39 is 0 Å². The van der Waals surface area contributed by atoms with Gasteiger partial charge in [0, 0.05) is 24.6 Å². The van der Waals surface area contributed by atoms with Crippen LogP contribution in [-0.4, -0.2) is 55.6 Å². The highest BCUT2D eigenvalue weighted by Gasteiger charge is 2.22. The van der Waals surface area contributed by atoms with E-state index in [1.165, 1.54) is 5.56 Å². The number of rotatable bonds is 12. The van der Waals surface area contributed by atoms with Crippen molar-refractivity contribution in [3.63, 3.8) is 0 Å². The number of nitrogens with zero attached hydrogens (tertiary/aromatic N) is 2. The average molecular weight is 446 g/mol. The summed E-state index contributed by atoms with van der Waals surface area (Å²) in [5.41, 5.74) is 7.72. The second kappa shape index (κ2) is 14.0. The first-order valence-corrected chi connectivity index (χ1v) is 12.2. The molecule has 7 nitrogen and oxygen atoms in total. The first kappa shape index (κ1) is 26.0. The number of hydrogen-bond donors (Lipinski definition) is 3. The van der Waals surface area contributed by atoms with Crippen molar-refractivity contribution in [1.29, 1.82) is 0 Å². The molecule has 1 saturated heterocycles. The van der Waals surface area contributed by atoms with Crippen LogP contribution in [0.1, 0.15) is 64.0 Å². The fraction of sp³-hybridized carbons (Fsp3) is 0.680. The molecule has 180 valence electrons. The highest BCUT2D eigenvalue weighted by Crippen LogP contribution is 2.23. The van der Waals surface area contributed by atoms with Gasteiger partial charge >= 0.3 is 0 Å². The standard InChI is InChI=1S/C25H43N5O2/c1-5-20(4)32-23-17-19(3)9-10-22(23)18-29-25(27-6-2)28-13-7-8-14-30-15-11-21(12-16-30)24(26)31/h9-10,17,20-21H,5-8,11-16,18H2,1-4H3,(H2,26,31)(H2,27,28,29). The summed E-state index contributed by atoms with van der Waals surface area (Å²) in [6, 6.07) is 6.33. The lowest BCUT2D eigenvalue weighted by Crippen LogP contribution is -2.39. The van der Waals surface area contributed by atoms with Crippen LogP contribution in [0.25, 0.3) is 0 Å². The van der Waals surface area contributed by atoms with Crippen LogP contribution in [-0.2, 0) is 11.3 Å². The number of primary amides is 1. The molecule has 0 aromatic heterocycles. The van der Waals surface area contributed by atoms with Gasteiger partial charge in [-0.05, 0) is 84.1 Å². The van der Waals surface area contributed by atoms with Crippen molar-refractivity contribution in [2.75, 3.05) is 32.7 Å². The van der Waals surface area contributed by atoms with Crippen molar-refractivity contribution >= 4 is 11.9 Å². The van der Waals surface area contributed by atoms with Crippen molar-refractivity contribution in [2.45, 2.75) is 72.4 Å². The number of piperidine rings is 1. The third-order valence-electron chi connectivity index (χ3n) is 6.06. The zero-order valence-corrected chi connectivity index (χ0v) is 20.5. The van der Waals surface area contributed by atoms with Gasteiger partial charge in [-0.1, -0.05) is 19.1 Å². The monoisotopic (exact) mass is 445 g/mol. The Bertz CT molecular complexity index is 729. The van der Waals surface area contributed by atoms with Crippen LogP contribution >= 0.6 is 0 Å². The molecule has 1 aromatic carbocycles. The number of carbonyl (C=O) groups is 1. The number of aliphatic imine (C=N–C) groups is 1. The second-order valence-electron chi connectivity index (χ2n) is 8.80. The number of amides is 1. The van der Waals surface area contributed by atoms with E-state index >= 15 is 0 Å². The molecule has 4 N–H and O–H groups in total. The van der Waals surface area contributed by atoms with Gasteiger partial charge in [0.05, 0.1) is 12.6 Å². The molecule has 1 amide bonds. The molecule has 7 heteroatoms. The number of likely N-dealkylation sites (tertiary alicyclic amines) is 1. The summed E-state index contributed by atoms with van der Waals surface area (Å²) in [6.07, 6.45) is 5.15. The van der Waals surface area contributed by atoms with Crippen LogP contribution in [0.2, 0.25) is 0 Å². The molecule has 1 fully saturated rings. The molecule has 0 saturated carbocycles. The number of benzene rings is 1. The predicted octanol–water partition coefficient (Wildman–Crippen LogP) is 3.20. The van der Waals surface area contributed by atoms with Crippen molar-refractivity contribution in [1.82, 2.24) is 15.5 Å². The molecule has 32 heavy (non-hydrogen) atoms. The van der Waals surface area contributed by atoms with Gasteiger partial charge in [0.25, 0.3) is 0 Å². The molecule has 1 atom stereocenters. The second-order valence-corrected chi connectivity index (χ2v) is 8.80. The highest BCUT2D eigenvalue weighted by atomic mass is 16.5. The molecule has 2 rings (SSSR count). The summed E-state index contributed by atoms with van der Waals surface area (Å²) in [5.74, 6) is 1.69. The molecule has 0 aliphatic carbocycles. The zero-order valence-electron chi connectivity index (χ0n) is 20.5. The summed E-state index contributed by atoms with van der Waals surface area (Å²) >= 11 is 0. The van der Waals surface area contributed by atoms with Gasteiger partial charge in [-0.3, -0.25) is 4.79 Å². The maximum absolute atomic E-state index is 11.3. The van der Waals surface area contributed by atoms with Gasteiger partial charge in [-0.25, -0.2) is 4.99 Å². The number of guanidine groups is 1. The molecule has 1 heterocycles. The van der Waals surface area contributed by atoms with Crippen LogP contribution in [0, 0.1) is 12.8 Å². The van der Waals surface area contributed by atoms with Crippen molar-refractivity contribution in [2.24, 2.45) is 16.6 Å². The SMILES string of the molecule is CCNC(=NCc1ccc(C)cc1OC(C)CC)NCCCCN1CCC(C(N)=O)CC1. The van der Waals surface area contributed by atoms with Gasteiger partial charge < -0.3 is 26.0 Å². The summed E-state index contributed by atoms with van der Waals surface area (Å²) < 4.78 is 6.12. The van der Waals surface area contributed by atoms with Crippen LogP contribution < -0.4 is 21.1 Å². The number of nitrogens with one attached hydrogen (secondary N) is 2. The van der Waals surface area contributed by atoms with E-state index in [0.717, 1.165) is 82.1 Å². The summed E-state index contributed by atoms with van der Waals surface area (Å²) in [6.45, 7) is 13.7. The highest BCUT2D eigenvalue weighted by molar-refractivity contribution is 5.79. The third kappa shape index (κ3) is 9.07. The Morgan fingerprint density at radius 3 is 2.66 bits per heavy atom. The molecule has 1 aliphatic rings. The Balaban J connectivity index is 1.78. The van der Waals surface area contributed by atoms with E-state index in [-0.39, 0.29) is 17.9 Å². The van der Waals surface area contributed by atoms with E-state index in [2.05, 4.69) is 61.4 Å². The number of ether oxygens (including phenoxy) is 1. The lowest BCUT2D eigenvalue weighted by molar-refractivity contribution is -0.123. The molecule has 0 radical (unpaired) electrons. The van der Waals surface area contributed by atoms with Crippen LogP contribution in [0.15, 0.2) is 23.2 Å². The normalized spacial score (nSPS) is 16.6.